The number of carbonyl (C=O) groups excluding carboxylic acids is 1. The second-order valence-corrected chi connectivity index (χ2v) is 6.42. The van der Waals surface area contributed by atoms with E-state index in [4.69, 9.17) is 25.5 Å². The fourth-order valence-electron chi connectivity index (χ4n) is 2.45. The van der Waals surface area contributed by atoms with Gasteiger partial charge in [0.25, 0.3) is 0 Å². The Labute approximate surface area is 155 Å². The first-order chi connectivity index (χ1) is 12.4. The van der Waals surface area contributed by atoms with Crippen molar-refractivity contribution in [2.75, 3.05) is 6.61 Å². The minimum absolute atomic E-state index is 0.202. The number of hydrogen-bond acceptors (Lipinski definition) is 5. The summed E-state index contributed by atoms with van der Waals surface area (Å²) in [6.45, 7) is 3.32. The molecule has 0 aliphatic heterocycles. The van der Waals surface area contributed by atoms with Crippen LogP contribution in [0.4, 0.5) is 0 Å². The van der Waals surface area contributed by atoms with E-state index in [1.165, 1.54) is 0 Å². The molecule has 0 saturated carbocycles. The van der Waals surface area contributed by atoms with Gasteiger partial charge in [-0.3, -0.25) is 0 Å². The molecule has 0 bridgehead atoms. The highest BCUT2D eigenvalue weighted by atomic mass is 35.5. The summed E-state index contributed by atoms with van der Waals surface area (Å²) in [6, 6.07) is 13.8. The summed E-state index contributed by atoms with van der Waals surface area (Å²) < 4.78 is 15.8. The van der Waals surface area contributed by atoms with E-state index in [1.807, 2.05) is 0 Å². The maximum atomic E-state index is 12.3. The molecule has 5 nitrogen and oxygen atoms in total. The van der Waals surface area contributed by atoms with E-state index in [0.717, 1.165) is 10.9 Å². The van der Waals surface area contributed by atoms with Gasteiger partial charge in [-0.15, -0.1) is 0 Å². The van der Waals surface area contributed by atoms with E-state index in [9.17, 15) is 9.59 Å². The molecule has 26 heavy (non-hydrogen) atoms. The van der Waals surface area contributed by atoms with Crippen molar-refractivity contribution in [3.63, 3.8) is 0 Å². The number of carbonyl (C=O) groups is 1. The Bertz CT molecular complexity index is 989. The van der Waals surface area contributed by atoms with Crippen LogP contribution in [0.2, 0.25) is 5.02 Å². The second-order valence-electron chi connectivity index (χ2n) is 5.98. The number of ether oxygens (including phenoxy) is 2. The van der Waals surface area contributed by atoms with Gasteiger partial charge in [0.15, 0.2) is 6.61 Å². The standard InChI is InChI=1S/C20H17ClO5/c1-12(2)25-19(22)11-24-16-8-5-14-9-17(20(23)26-18(14)10-16)13-3-6-15(21)7-4-13/h3-10,12H,11H2,1-2H3. The van der Waals surface area contributed by atoms with Crippen LogP contribution >= 0.6 is 11.6 Å². The third-order valence-corrected chi connectivity index (χ3v) is 3.84. The van der Waals surface area contributed by atoms with Gasteiger partial charge in [-0.1, -0.05) is 23.7 Å². The van der Waals surface area contributed by atoms with Crippen molar-refractivity contribution in [1.82, 2.24) is 0 Å². The maximum Gasteiger partial charge on any atom is 0.344 e. The highest BCUT2D eigenvalue weighted by Crippen LogP contribution is 2.25. The van der Waals surface area contributed by atoms with E-state index < -0.39 is 11.6 Å². The van der Waals surface area contributed by atoms with Crippen LogP contribution in [0.15, 0.2) is 57.7 Å². The number of halogens is 1. The quantitative estimate of drug-likeness (QED) is 0.489. The van der Waals surface area contributed by atoms with Crippen molar-refractivity contribution in [2.45, 2.75) is 20.0 Å². The first-order valence-electron chi connectivity index (χ1n) is 8.08. The molecule has 1 aromatic heterocycles. The molecule has 1 heterocycles. The van der Waals surface area contributed by atoms with Crippen LogP contribution in [0.5, 0.6) is 5.75 Å². The molecule has 2 aromatic carbocycles. The van der Waals surface area contributed by atoms with Crippen LogP contribution in [-0.2, 0) is 9.53 Å². The molecule has 0 saturated heterocycles. The topological polar surface area (TPSA) is 65.7 Å². The van der Waals surface area contributed by atoms with Crippen molar-refractivity contribution in [3.05, 3.63) is 64.0 Å². The lowest BCUT2D eigenvalue weighted by molar-refractivity contribution is -0.149. The summed E-state index contributed by atoms with van der Waals surface area (Å²) in [7, 11) is 0. The van der Waals surface area contributed by atoms with Gasteiger partial charge in [-0.05, 0) is 49.7 Å². The molecule has 0 N–H and O–H groups in total. The van der Waals surface area contributed by atoms with Crippen LogP contribution in [0.1, 0.15) is 13.8 Å². The minimum atomic E-state index is -0.462. The summed E-state index contributed by atoms with van der Waals surface area (Å²) in [5, 5.41) is 1.34. The highest BCUT2D eigenvalue weighted by Gasteiger charge is 2.10. The lowest BCUT2D eigenvalue weighted by Crippen LogP contribution is -2.18. The van der Waals surface area contributed by atoms with Crippen molar-refractivity contribution >= 4 is 28.5 Å². The predicted molar refractivity (Wildman–Crippen MR) is 99.7 cm³/mol. The van der Waals surface area contributed by atoms with Gasteiger partial charge >= 0.3 is 11.6 Å². The maximum absolute atomic E-state index is 12.3. The lowest BCUT2D eigenvalue weighted by atomic mass is 10.1. The molecule has 0 amide bonds. The second kappa shape index (κ2) is 7.62. The van der Waals surface area contributed by atoms with E-state index >= 15 is 0 Å². The molecule has 0 aliphatic rings. The first-order valence-corrected chi connectivity index (χ1v) is 8.46. The summed E-state index contributed by atoms with van der Waals surface area (Å²) in [5.41, 5.74) is 1.09. The molecule has 3 aromatic rings. The van der Waals surface area contributed by atoms with Crippen molar-refractivity contribution in [3.8, 4) is 16.9 Å². The number of fused-ring (bicyclic) bond motifs is 1. The number of rotatable bonds is 5. The Kier molecular flexibility index (Phi) is 5.28. The predicted octanol–water partition coefficient (Wildman–Crippen LogP) is 4.44. The van der Waals surface area contributed by atoms with Crippen molar-refractivity contribution in [2.24, 2.45) is 0 Å². The molecule has 6 heteroatoms. The zero-order chi connectivity index (χ0) is 18.7. The molecule has 3 rings (SSSR count). The number of benzene rings is 2. The SMILES string of the molecule is CC(C)OC(=O)COc1ccc2cc(-c3ccc(Cl)cc3)c(=O)oc2c1. The normalized spacial score (nSPS) is 10.9. The summed E-state index contributed by atoms with van der Waals surface area (Å²) >= 11 is 5.88. The molecule has 134 valence electrons. The molecular weight excluding hydrogens is 356 g/mol. The molecule has 0 radical (unpaired) electrons. The average molecular weight is 373 g/mol. The van der Waals surface area contributed by atoms with Crippen LogP contribution in [-0.4, -0.2) is 18.7 Å². The largest absolute Gasteiger partial charge is 0.482 e. The molecule has 0 spiro atoms. The fraction of sp³-hybridized carbons (Fsp3) is 0.200. The van der Waals surface area contributed by atoms with E-state index in [1.54, 1.807) is 62.4 Å². The number of esters is 1. The average Bonchev–Trinajstić information content (AvgIpc) is 2.59. The fourth-order valence-corrected chi connectivity index (χ4v) is 2.58. The Morgan fingerprint density at radius 3 is 2.54 bits per heavy atom. The Hall–Kier alpha value is -2.79. The van der Waals surface area contributed by atoms with Crippen LogP contribution < -0.4 is 10.4 Å². The molecule has 0 unspecified atom stereocenters. The monoisotopic (exact) mass is 372 g/mol. The summed E-state index contributed by atoms with van der Waals surface area (Å²) in [6.07, 6.45) is -0.202. The molecule has 0 aliphatic carbocycles. The lowest BCUT2D eigenvalue weighted by Gasteiger charge is -2.09. The summed E-state index contributed by atoms with van der Waals surface area (Å²) in [4.78, 5) is 23.8. The first kappa shape index (κ1) is 18.0. The van der Waals surface area contributed by atoms with Gasteiger partial charge in [-0.25, -0.2) is 9.59 Å². The Morgan fingerprint density at radius 2 is 1.85 bits per heavy atom. The van der Waals surface area contributed by atoms with Gasteiger partial charge in [0.1, 0.15) is 11.3 Å². The van der Waals surface area contributed by atoms with E-state index in [-0.39, 0.29) is 12.7 Å². The third kappa shape index (κ3) is 4.24. The Balaban J connectivity index is 1.85. The van der Waals surface area contributed by atoms with Crippen LogP contribution in [0, 0.1) is 0 Å². The minimum Gasteiger partial charge on any atom is -0.482 e. The molecular formula is C20H17ClO5. The van der Waals surface area contributed by atoms with Crippen LogP contribution in [0.3, 0.4) is 0 Å². The smallest absolute Gasteiger partial charge is 0.344 e. The van der Waals surface area contributed by atoms with Crippen LogP contribution in [0.25, 0.3) is 22.1 Å². The van der Waals surface area contributed by atoms with E-state index in [0.29, 0.717) is 21.9 Å². The van der Waals surface area contributed by atoms with Gasteiger partial charge in [0.2, 0.25) is 0 Å². The third-order valence-electron chi connectivity index (χ3n) is 3.59. The van der Waals surface area contributed by atoms with Gasteiger partial charge < -0.3 is 13.9 Å². The summed E-state index contributed by atoms with van der Waals surface area (Å²) in [5.74, 6) is -0.0414. The van der Waals surface area contributed by atoms with Gasteiger partial charge in [0.05, 0.1) is 11.7 Å². The zero-order valence-corrected chi connectivity index (χ0v) is 15.1. The zero-order valence-electron chi connectivity index (χ0n) is 14.3. The number of hydrogen-bond donors (Lipinski definition) is 0. The Morgan fingerprint density at radius 1 is 1.12 bits per heavy atom. The van der Waals surface area contributed by atoms with Crippen molar-refractivity contribution in [1.29, 1.82) is 0 Å². The molecule has 0 atom stereocenters. The van der Waals surface area contributed by atoms with Crippen molar-refractivity contribution < 1.29 is 18.7 Å². The highest BCUT2D eigenvalue weighted by molar-refractivity contribution is 6.30. The van der Waals surface area contributed by atoms with E-state index in [2.05, 4.69) is 0 Å². The molecule has 0 fully saturated rings. The van der Waals surface area contributed by atoms with Gasteiger partial charge in [-0.2, -0.15) is 0 Å². The van der Waals surface area contributed by atoms with Gasteiger partial charge in [0, 0.05) is 16.5 Å².